The third-order valence-corrected chi connectivity index (χ3v) is 2.27. The molecule has 84 valence electrons. The minimum atomic E-state index is -1.51. The van der Waals surface area contributed by atoms with Crippen molar-refractivity contribution in [2.24, 2.45) is 0 Å². The van der Waals surface area contributed by atoms with Crippen LogP contribution < -0.4 is 0 Å². The summed E-state index contributed by atoms with van der Waals surface area (Å²) in [7, 11) is -1.51. The molecule has 0 aliphatic carbocycles. The molecule has 0 aliphatic heterocycles. The minimum Gasteiger partial charge on any atom is -0.520 e. The van der Waals surface area contributed by atoms with Crippen LogP contribution in [-0.2, 0) is 9.16 Å². The summed E-state index contributed by atoms with van der Waals surface area (Å²) in [5, 5.41) is 0. The molecule has 0 bridgehead atoms. The van der Waals surface area contributed by atoms with Crippen LogP contribution in [0.2, 0.25) is 19.6 Å². The molecule has 0 amide bonds. The first-order chi connectivity index (χ1) is 6.49. The smallest absolute Gasteiger partial charge is 0.261 e. The van der Waals surface area contributed by atoms with E-state index in [0.29, 0.717) is 0 Å². The maximum atomic E-state index is 5.82. The quantitative estimate of drug-likeness (QED) is 0.474. The zero-order chi connectivity index (χ0) is 11.0. The van der Waals surface area contributed by atoms with E-state index in [9.17, 15) is 0 Å². The van der Waals surface area contributed by atoms with E-state index in [1.807, 2.05) is 0 Å². The summed E-state index contributed by atoms with van der Waals surface area (Å²) in [5.74, 6) is 0.743. The number of hydrogen-bond donors (Lipinski definition) is 0. The van der Waals surface area contributed by atoms with Gasteiger partial charge in [-0.1, -0.05) is 20.3 Å². The second-order valence-corrected chi connectivity index (χ2v) is 8.80. The standard InChI is InChI=1S/C11H24O2Si/c1-6-8-9-11(12-10-7-2)13-14(3,4)5/h9H,6-8,10H2,1-5H3. The molecule has 0 N–H and O–H groups in total. The van der Waals surface area contributed by atoms with Crippen LogP contribution in [0.5, 0.6) is 0 Å². The fourth-order valence-electron chi connectivity index (χ4n) is 0.897. The lowest BCUT2D eigenvalue weighted by Gasteiger charge is -2.21. The summed E-state index contributed by atoms with van der Waals surface area (Å²) >= 11 is 0. The van der Waals surface area contributed by atoms with Crippen molar-refractivity contribution >= 4 is 8.32 Å². The second-order valence-electron chi connectivity index (χ2n) is 4.37. The summed E-state index contributed by atoms with van der Waals surface area (Å²) in [5.41, 5.74) is 0. The molecule has 0 aromatic carbocycles. The van der Waals surface area contributed by atoms with E-state index in [1.54, 1.807) is 0 Å². The zero-order valence-corrected chi connectivity index (χ0v) is 11.2. The molecule has 14 heavy (non-hydrogen) atoms. The maximum absolute atomic E-state index is 5.82. The van der Waals surface area contributed by atoms with Gasteiger partial charge in [-0.25, -0.2) is 0 Å². The van der Waals surface area contributed by atoms with Gasteiger partial charge >= 0.3 is 0 Å². The van der Waals surface area contributed by atoms with Gasteiger partial charge in [-0.15, -0.1) is 0 Å². The van der Waals surface area contributed by atoms with Gasteiger partial charge in [-0.2, -0.15) is 0 Å². The molecular formula is C11H24O2Si. The SMILES string of the molecule is CCCC=C(OCCC)O[Si](C)(C)C. The zero-order valence-electron chi connectivity index (χ0n) is 10.2. The molecule has 0 rings (SSSR count). The summed E-state index contributed by atoms with van der Waals surface area (Å²) in [6, 6.07) is 0. The molecule has 3 heteroatoms. The van der Waals surface area contributed by atoms with Gasteiger partial charge in [0.15, 0.2) is 0 Å². The number of ether oxygens (including phenoxy) is 1. The predicted octanol–water partition coefficient (Wildman–Crippen LogP) is 3.91. The molecule has 2 nitrogen and oxygen atoms in total. The van der Waals surface area contributed by atoms with E-state index in [4.69, 9.17) is 9.16 Å². The normalized spacial score (nSPS) is 12.8. The van der Waals surface area contributed by atoms with Crippen molar-refractivity contribution in [3.63, 3.8) is 0 Å². The Kier molecular flexibility index (Phi) is 6.71. The Morgan fingerprint density at radius 2 is 1.79 bits per heavy atom. The number of hydrogen-bond acceptors (Lipinski definition) is 2. The van der Waals surface area contributed by atoms with Gasteiger partial charge in [0.2, 0.25) is 8.32 Å². The first-order valence-electron chi connectivity index (χ1n) is 5.51. The fourth-order valence-corrected chi connectivity index (χ4v) is 1.64. The Labute approximate surface area is 89.4 Å². The van der Waals surface area contributed by atoms with Gasteiger partial charge in [-0.3, -0.25) is 0 Å². The molecule has 0 aromatic rings. The van der Waals surface area contributed by atoms with Gasteiger partial charge < -0.3 is 9.16 Å². The van der Waals surface area contributed by atoms with Crippen molar-refractivity contribution in [2.75, 3.05) is 6.61 Å². The van der Waals surface area contributed by atoms with E-state index in [1.165, 1.54) is 0 Å². The molecule has 0 unspecified atom stereocenters. The number of unbranched alkanes of at least 4 members (excludes halogenated alkanes) is 1. The predicted molar refractivity (Wildman–Crippen MR) is 63.7 cm³/mol. The van der Waals surface area contributed by atoms with Crippen LogP contribution in [0.1, 0.15) is 33.1 Å². The number of rotatable bonds is 7. The molecule has 0 saturated carbocycles. The van der Waals surface area contributed by atoms with Crippen LogP contribution in [0.3, 0.4) is 0 Å². The largest absolute Gasteiger partial charge is 0.520 e. The molecule has 0 radical (unpaired) electrons. The van der Waals surface area contributed by atoms with E-state index >= 15 is 0 Å². The first-order valence-corrected chi connectivity index (χ1v) is 8.92. The Morgan fingerprint density at radius 1 is 1.14 bits per heavy atom. The van der Waals surface area contributed by atoms with E-state index in [-0.39, 0.29) is 0 Å². The highest BCUT2D eigenvalue weighted by molar-refractivity contribution is 6.69. The van der Waals surface area contributed by atoms with Gasteiger partial charge in [0, 0.05) is 0 Å². The summed E-state index contributed by atoms with van der Waals surface area (Å²) in [6.45, 7) is 11.5. The van der Waals surface area contributed by atoms with Crippen LogP contribution in [0, 0.1) is 0 Å². The van der Waals surface area contributed by atoms with Crippen LogP contribution in [0.25, 0.3) is 0 Å². The number of allylic oxidation sites excluding steroid dienone is 1. The van der Waals surface area contributed by atoms with E-state index in [0.717, 1.165) is 31.8 Å². The Hall–Kier alpha value is -0.443. The van der Waals surface area contributed by atoms with Crippen LogP contribution in [-0.4, -0.2) is 14.9 Å². The minimum absolute atomic E-state index is 0.743. The average Bonchev–Trinajstić information content (AvgIpc) is 2.07. The monoisotopic (exact) mass is 216 g/mol. The molecule has 0 fully saturated rings. The average molecular weight is 216 g/mol. The Morgan fingerprint density at radius 3 is 2.21 bits per heavy atom. The highest BCUT2D eigenvalue weighted by Crippen LogP contribution is 2.13. The van der Waals surface area contributed by atoms with E-state index in [2.05, 4.69) is 39.6 Å². The van der Waals surface area contributed by atoms with Gasteiger partial charge in [0.25, 0.3) is 5.95 Å². The third kappa shape index (κ3) is 8.17. The van der Waals surface area contributed by atoms with Crippen molar-refractivity contribution in [1.82, 2.24) is 0 Å². The van der Waals surface area contributed by atoms with Gasteiger partial charge in [0.1, 0.15) is 0 Å². The molecule has 0 atom stereocenters. The highest BCUT2D eigenvalue weighted by atomic mass is 28.4. The fraction of sp³-hybridized carbons (Fsp3) is 0.818. The highest BCUT2D eigenvalue weighted by Gasteiger charge is 2.18. The van der Waals surface area contributed by atoms with Crippen LogP contribution >= 0.6 is 0 Å². The lowest BCUT2D eigenvalue weighted by atomic mass is 10.3. The molecular weight excluding hydrogens is 192 g/mol. The first kappa shape index (κ1) is 13.6. The molecule has 0 heterocycles. The topological polar surface area (TPSA) is 18.5 Å². The Bertz CT molecular complexity index is 171. The molecule has 0 aliphatic rings. The van der Waals surface area contributed by atoms with Gasteiger partial charge in [0.05, 0.1) is 6.61 Å². The van der Waals surface area contributed by atoms with Crippen LogP contribution in [0.15, 0.2) is 12.0 Å². The maximum Gasteiger partial charge on any atom is 0.261 e. The molecule has 0 saturated heterocycles. The van der Waals surface area contributed by atoms with Crippen LogP contribution in [0.4, 0.5) is 0 Å². The van der Waals surface area contributed by atoms with Crippen molar-refractivity contribution in [3.8, 4) is 0 Å². The lowest BCUT2D eigenvalue weighted by Crippen LogP contribution is -2.25. The van der Waals surface area contributed by atoms with Crippen molar-refractivity contribution in [3.05, 3.63) is 12.0 Å². The van der Waals surface area contributed by atoms with Crippen molar-refractivity contribution in [2.45, 2.75) is 52.8 Å². The van der Waals surface area contributed by atoms with E-state index < -0.39 is 8.32 Å². The third-order valence-electron chi connectivity index (χ3n) is 1.45. The van der Waals surface area contributed by atoms with Crippen molar-refractivity contribution in [1.29, 1.82) is 0 Å². The second kappa shape index (κ2) is 6.93. The summed E-state index contributed by atoms with van der Waals surface area (Å²) < 4.78 is 11.4. The summed E-state index contributed by atoms with van der Waals surface area (Å²) in [6.07, 6.45) is 5.25. The summed E-state index contributed by atoms with van der Waals surface area (Å²) in [4.78, 5) is 0. The van der Waals surface area contributed by atoms with Gasteiger partial charge in [-0.05, 0) is 38.6 Å². The molecule has 0 spiro atoms. The lowest BCUT2D eigenvalue weighted by molar-refractivity contribution is 0.102. The Balaban J connectivity index is 4.10. The molecule has 0 aromatic heterocycles. The van der Waals surface area contributed by atoms with Crippen molar-refractivity contribution < 1.29 is 9.16 Å².